The lowest BCUT2D eigenvalue weighted by molar-refractivity contribution is -0.133. The number of hydrogen-bond acceptors (Lipinski definition) is 3. The van der Waals surface area contributed by atoms with E-state index >= 15 is 0 Å². The molecule has 1 unspecified atom stereocenters. The third-order valence-corrected chi connectivity index (χ3v) is 3.37. The van der Waals surface area contributed by atoms with Gasteiger partial charge in [0.25, 0.3) is 0 Å². The van der Waals surface area contributed by atoms with Crippen molar-refractivity contribution in [2.75, 3.05) is 6.54 Å². The van der Waals surface area contributed by atoms with Crippen molar-refractivity contribution >= 4 is 5.91 Å². The monoisotopic (exact) mass is 286 g/mol. The average molecular weight is 286 g/mol. The molecule has 1 amide bonds. The number of carbonyl (C=O) groups is 1. The Morgan fingerprint density at radius 1 is 1.38 bits per heavy atom. The van der Waals surface area contributed by atoms with E-state index in [1.54, 1.807) is 17.1 Å². The molecule has 0 radical (unpaired) electrons. The van der Waals surface area contributed by atoms with E-state index in [2.05, 4.69) is 12.0 Å². The SMILES string of the molecule is CCCN(Cc1ccccc1)C(=O)C(N)c1cnn(C)c1. The fourth-order valence-corrected chi connectivity index (χ4v) is 2.28. The van der Waals surface area contributed by atoms with Gasteiger partial charge in [0.1, 0.15) is 6.04 Å². The average Bonchev–Trinajstić information content (AvgIpc) is 2.93. The molecule has 2 aromatic rings. The molecule has 1 aromatic heterocycles. The van der Waals surface area contributed by atoms with Gasteiger partial charge in [-0.15, -0.1) is 0 Å². The number of carbonyl (C=O) groups excluding carboxylic acids is 1. The normalized spacial score (nSPS) is 12.1. The summed E-state index contributed by atoms with van der Waals surface area (Å²) in [5.41, 5.74) is 7.95. The summed E-state index contributed by atoms with van der Waals surface area (Å²) >= 11 is 0. The van der Waals surface area contributed by atoms with Crippen molar-refractivity contribution < 1.29 is 4.79 Å². The summed E-state index contributed by atoms with van der Waals surface area (Å²) in [6.07, 6.45) is 4.34. The Kier molecular flexibility index (Phi) is 5.11. The van der Waals surface area contributed by atoms with E-state index in [4.69, 9.17) is 5.73 Å². The molecule has 0 aliphatic rings. The molecule has 0 bridgehead atoms. The van der Waals surface area contributed by atoms with Gasteiger partial charge < -0.3 is 10.6 Å². The number of rotatable bonds is 6. The molecule has 1 heterocycles. The van der Waals surface area contributed by atoms with Crippen LogP contribution < -0.4 is 5.73 Å². The summed E-state index contributed by atoms with van der Waals surface area (Å²) in [5, 5.41) is 4.08. The molecule has 0 aliphatic heterocycles. The van der Waals surface area contributed by atoms with Crippen molar-refractivity contribution in [2.24, 2.45) is 12.8 Å². The van der Waals surface area contributed by atoms with E-state index < -0.39 is 6.04 Å². The van der Waals surface area contributed by atoms with Gasteiger partial charge in [-0.05, 0) is 12.0 Å². The van der Waals surface area contributed by atoms with Crippen molar-refractivity contribution in [3.8, 4) is 0 Å². The predicted molar refractivity (Wildman–Crippen MR) is 82.3 cm³/mol. The van der Waals surface area contributed by atoms with Gasteiger partial charge in [0, 0.05) is 31.9 Å². The van der Waals surface area contributed by atoms with Gasteiger partial charge in [0.05, 0.1) is 6.20 Å². The highest BCUT2D eigenvalue weighted by Crippen LogP contribution is 2.15. The molecule has 2 rings (SSSR count). The van der Waals surface area contributed by atoms with Gasteiger partial charge >= 0.3 is 0 Å². The van der Waals surface area contributed by atoms with Crippen LogP contribution in [0.5, 0.6) is 0 Å². The maximum Gasteiger partial charge on any atom is 0.244 e. The van der Waals surface area contributed by atoms with Gasteiger partial charge in [-0.1, -0.05) is 37.3 Å². The van der Waals surface area contributed by atoms with Crippen LogP contribution >= 0.6 is 0 Å². The largest absolute Gasteiger partial charge is 0.337 e. The second kappa shape index (κ2) is 7.04. The highest BCUT2D eigenvalue weighted by Gasteiger charge is 2.23. The second-order valence-electron chi connectivity index (χ2n) is 5.17. The molecule has 112 valence electrons. The number of aryl methyl sites for hydroxylation is 1. The lowest BCUT2D eigenvalue weighted by Gasteiger charge is -2.25. The quantitative estimate of drug-likeness (QED) is 0.881. The smallest absolute Gasteiger partial charge is 0.244 e. The van der Waals surface area contributed by atoms with Crippen molar-refractivity contribution in [1.29, 1.82) is 0 Å². The number of hydrogen-bond donors (Lipinski definition) is 1. The minimum atomic E-state index is -0.658. The van der Waals surface area contributed by atoms with Gasteiger partial charge in [-0.3, -0.25) is 9.48 Å². The Labute approximate surface area is 125 Å². The first-order valence-corrected chi connectivity index (χ1v) is 7.18. The number of nitrogens with zero attached hydrogens (tertiary/aromatic N) is 3. The first kappa shape index (κ1) is 15.3. The molecule has 0 saturated heterocycles. The summed E-state index contributed by atoms with van der Waals surface area (Å²) in [7, 11) is 1.81. The first-order valence-electron chi connectivity index (χ1n) is 7.18. The Morgan fingerprint density at radius 3 is 2.67 bits per heavy atom. The summed E-state index contributed by atoms with van der Waals surface area (Å²) < 4.78 is 1.66. The van der Waals surface area contributed by atoms with Crippen LogP contribution in [0.1, 0.15) is 30.5 Å². The van der Waals surface area contributed by atoms with Crippen molar-refractivity contribution in [2.45, 2.75) is 25.9 Å². The fraction of sp³-hybridized carbons (Fsp3) is 0.375. The van der Waals surface area contributed by atoms with Crippen LogP contribution in [0.2, 0.25) is 0 Å². The zero-order chi connectivity index (χ0) is 15.2. The standard InChI is InChI=1S/C16H22N4O/c1-3-9-20(11-13-7-5-4-6-8-13)16(21)15(17)14-10-18-19(2)12-14/h4-8,10,12,15H,3,9,11,17H2,1-2H3. The van der Waals surface area contributed by atoms with Gasteiger partial charge in [0.15, 0.2) is 0 Å². The van der Waals surface area contributed by atoms with Crippen molar-refractivity contribution in [3.05, 3.63) is 53.9 Å². The molecular weight excluding hydrogens is 264 g/mol. The van der Waals surface area contributed by atoms with E-state index in [1.807, 2.05) is 42.3 Å². The zero-order valence-electron chi connectivity index (χ0n) is 12.6. The summed E-state index contributed by atoms with van der Waals surface area (Å²) in [4.78, 5) is 14.4. The Bertz CT molecular complexity index is 579. The van der Waals surface area contributed by atoms with E-state index in [0.29, 0.717) is 13.1 Å². The van der Waals surface area contributed by atoms with Crippen LogP contribution in [0, 0.1) is 0 Å². The third kappa shape index (κ3) is 3.92. The highest BCUT2D eigenvalue weighted by atomic mass is 16.2. The van der Waals surface area contributed by atoms with E-state index in [9.17, 15) is 4.79 Å². The molecule has 1 aromatic carbocycles. The fourth-order valence-electron chi connectivity index (χ4n) is 2.28. The van der Waals surface area contributed by atoms with E-state index in [0.717, 1.165) is 17.5 Å². The van der Waals surface area contributed by atoms with Gasteiger partial charge in [-0.2, -0.15) is 5.10 Å². The van der Waals surface area contributed by atoms with Crippen LogP contribution in [-0.2, 0) is 18.4 Å². The molecule has 0 saturated carbocycles. The van der Waals surface area contributed by atoms with Crippen molar-refractivity contribution in [3.63, 3.8) is 0 Å². The van der Waals surface area contributed by atoms with Crippen molar-refractivity contribution in [1.82, 2.24) is 14.7 Å². The third-order valence-electron chi connectivity index (χ3n) is 3.37. The molecule has 5 heteroatoms. The van der Waals surface area contributed by atoms with Crippen LogP contribution in [0.3, 0.4) is 0 Å². The predicted octanol–water partition coefficient (Wildman–Crippen LogP) is 1.86. The lowest BCUT2D eigenvalue weighted by atomic mass is 10.1. The van der Waals surface area contributed by atoms with E-state index in [-0.39, 0.29) is 5.91 Å². The van der Waals surface area contributed by atoms with Gasteiger partial charge in [0.2, 0.25) is 5.91 Å². The van der Waals surface area contributed by atoms with Crippen LogP contribution in [0.25, 0.3) is 0 Å². The molecule has 2 N–H and O–H groups in total. The minimum Gasteiger partial charge on any atom is -0.337 e. The van der Waals surface area contributed by atoms with Crippen LogP contribution in [0.15, 0.2) is 42.7 Å². The minimum absolute atomic E-state index is 0.0614. The lowest BCUT2D eigenvalue weighted by Crippen LogP contribution is -2.38. The second-order valence-corrected chi connectivity index (χ2v) is 5.17. The Morgan fingerprint density at radius 2 is 2.10 bits per heavy atom. The van der Waals surface area contributed by atoms with Crippen LogP contribution in [-0.4, -0.2) is 27.1 Å². The first-order chi connectivity index (χ1) is 10.1. The maximum absolute atomic E-state index is 12.6. The Hall–Kier alpha value is -2.14. The molecule has 5 nitrogen and oxygen atoms in total. The summed E-state index contributed by atoms with van der Waals surface area (Å²) in [5.74, 6) is -0.0614. The molecular formula is C16H22N4O. The van der Waals surface area contributed by atoms with Gasteiger partial charge in [-0.25, -0.2) is 0 Å². The topological polar surface area (TPSA) is 64.2 Å². The number of nitrogens with two attached hydrogens (primary N) is 1. The number of benzene rings is 1. The molecule has 1 atom stereocenters. The Balaban J connectivity index is 2.11. The zero-order valence-corrected chi connectivity index (χ0v) is 12.6. The van der Waals surface area contributed by atoms with Crippen LogP contribution in [0.4, 0.5) is 0 Å². The summed E-state index contributed by atoms with van der Waals surface area (Å²) in [6, 6.07) is 9.30. The maximum atomic E-state index is 12.6. The molecule has 0 spiro atoms. The van der Waals surface area contributed by atoms with E-state index in [1.165, 1.54) is 0 Å². The molecule has 0 fully saturated rings. The highest BCUT2D eigenvalue weighted by molar-refractivity contribution is 5.82. The number of aromatic nitrogens is 2. The summed E-state index contributed by atoms with van der Waals surface area (Å²) in [6.45, 7) is 3.34. The number of amides is 1. The molecule has 21 heavy (non-hydrogen) atoms. The molecule has 0 aliphatic carbocycles.